The summed E-state index contributed by atoms with van der Waals surface area (Å²) in [6.45, 7) is 0.388. The van der Waals surface area contributed by atoms with Crippen molar-refractivity contribution in [3.05, 3.63) is 24.3 Å². The first-order valence-electron chi connectivity index (χ1n) is 5.12. The molecule has 1 spiro atoms. The summed E-state index contributed by atoms with van der Waals surface area (Å²) >= 11 is 0. The highest BCUT2D eigenvalue weighted by Crippen LogP contribution is 2.42. The molecule has 16 heavy (non-hydrogen) atoms. The Hall–Kier alpha value is -1.75. The molecule has 0 saturated carbocycles. The van der Waals surface area contributed by atoms with Gasteiger partial charge in [-0.15, -0.1) is 0 Å². The highest BCUT2D eigenvalue weighted by molar-refractivity contribution is 5.74. The predicted molar refractivity (Wildman–Crippen MR) is 54.5 cm³/mol. The van der Waals surface area contributed by atoms with Crippen LogP contribution in [0.1, 0.15) is 6.42 Å². The number of hydrogen-bond donors (Lipinski definition) is 2. The van der Waals surface area contributed by atoms with Gasteiger partial charge >= 0.3 is 5.97 Å². The molecule has 1 aromatic carbocycles. The summed E-state index contributed by atoms with van der Waals surface area (Å²) in [6, 6.07) is 6.75. The fourth-order valence-corrected chi connectivity index (χ4v) is 2.10. The molecule has 0 amide bonds. The standard InChI is InChI=1S/C11H11NO4/c13-10(14)7-5-11(6-12-7)15-8-3-1-2-4-9(8)16-11/h1-4,7,12H,5-6H2,(H,13,14). The van der Waals surface area contributed by atoms with Gasteiger partial charge in [0.2, 0.25) is 0 Å². The summed E-state index contributed by atoms with van der Waals surface area (Å²) in [7, 11) is 0. The fraction of sp³-hybridized carbons (Fsp3) is 0.364. The van der Waals surface area contributed by atoms with E-state index in [0.717, 1.165) is 0 Å². The number of ether oxygens (including phenoxy) is 2. The maximum atomic E-state index is 10.8. The van der Waals surface area contributed by atoms with E-state index in [9.17, 15) is 4.79 Å². The topological polar surface area (TPSA) is 67.8 Å². The zero-order valence-electron chi connectivity index (χ0n) is 8.47. The van der Waals surface area contributed by atoms with E-state index in [0.29, 0.717) is 24.5 Å². The second kappa shape index (κ2) is 3.12. The Balaban J connectivity index is 1.83. The van der Waals surface area contributed by atoms with Gasteiger partial charge in [-0.3, -0.25) is 10.1 Å². The molecule has 5 heteroatoms. The lowest BCUT2D eigenvalue weighted by molar-refractivity contribution is -0.140. The summed E-state index contributed by atoms with van der Waals surface area (Å²) in [4.78, 5) is 10.8. The molecule has 0 radical (unpaired) electrons. The van der Waals surface area contributed by atoms with E-state index in [4.69, 9.17) is 14.6 Å². The number of carboxylic acids is 1. The Bertz CT molecular complexity index is 420. The zero-order chi connectivity index (χ0) is 11.2. The summed E-state index contributed by atoms with van der Waals surface area (Å²) in [5.41, 5.74) is 0. The third-order valence-electron chi connectivity index (χ3n) is 2.87. The van der Waals surface area contributed by atoms with E-state index in [2.05, 4.69) is 5.32 Å². The second-order valence-corrected chi connectivity index (χ2v) is 4.04. The van der Waals surface area contributed by atoms with Crippen molar-refractivity contribution < 1.29 is 19.4 Å². The molecule has 2 heterocycles. The minimum absolute atomic E-state index is 0.316. The predicted octanol–water partition coefficient (Wildman–Crippen LogP) is 0.601. The molecule has 1 saturated heterocycles. The van der Waals surface area contributed by atoms with Gasteiger partial charge < -0.3 is 14.6 Å². The van der Waals surface area contributed by atoms with Crippen LogP contribution in [-0.2, 0) is 4.79 Å². The molecule has 5 nitrogen and oxygen atoms in total. The number of para-hydroxylation sites is 2. The van der Waals surface area contributed by atoms with Crippen LogP contribution in [-0.4, -0.2) is 29.4 Å². The van der Waals surface area contributed by atoms with Gasteiger partial charge in [-0.05, 0) is 12.1 Å². The molecule has 2 N–H and O–H groups in total. The van der Waals surface area contributed by atoms with Crippen molar-refractivity contribution in [3.63, 3.8) is 0 Å². The lowest BCUT2D eigenvalue weighted by Crippen LogP contribution is -2.40. The number of nitrogens with one attached hydrogen (secondary N) is 1. The van der Waals surface area contributed by atoms with Crippen LogP contribution in [0, 0.1) is 0 Å². The first kappa shape index (κ1) is 9.47. The molecule has 84 valence electrons. The van der Waals surface area contributed by atoms with Crippen molar-refractivity contribution in [1.29, 1.82) is 0 Å². The third kappa shape index (κ3) is 1.32. The molecule has 2 aliphatic heterocycles. The minimum Gasteiger partial charge on any atom is -0.480 e. The van der Waals surface area contributed by atoms with Crippen LogP contribution in [0.15, 0.2) is 24.3 Å². The monoisotopic (exact) mass is 221 g/mol. The molecule has 1 atom stereocenters. The quantitative estimate of drug-likeness (QED) is 0.726. The molecule has 0 bridgehead atoms. The van der Waals surface area contributed by atoms with Gasteiger partial charge in [0.15, 0.2) is 11.5 Å². The Kier molecular flexibility index (Phi) is 1.85. The van der Waals surface area contributed by atoms with E-state index in [1.54, 1.807) is 0 Å². The van der Waals surface area contributed by atoms with Crippen LogP contribution < -0.4 is 14.8 Å². The maximum absolute atomic E-state index is 10.8. The Morgan fingerprint density at radius 3 is 2.50 bits per heavy atom. The minimum atomic E-state index is -0.875. The lowest BCUT2D eigenvalue weighted by atomic mass is 10.1. The zero-order valence-corrected chi connectivity index (χ0v) is 8.47. The van der Waals surface area contributed by atoms with Gasteiger partial charge in [-0.25, -0.2) is 0 Å². The van der Waals surface area contributed by atoms with Gasteiger partial charge in [0.05, 0.1) is 13.0 Å². The van der Waals surface area contributed by atoms with Gasteiger partial charge in [0, 0.05) is 0 Å². The van der Waals surface area contributed by atoms with E-state index < -0.39 is 17.8 Å². The summed E-state index contributed by atoms with van der Waals surface area (Å²) < 4.78 is 11.4. The van der Waals surface area contributed by atoms with Gasteiger partial charge in [-0.2, -0.15) is 0 Å². The Morgan fingerprint density at radius 2 is 2.00 bits per heavy atom. The highest BCUT2D eigenvalue weighted by Gasteiger charge is 2.49. The molecular weight excluding hydrogens is 210 g/mol. The number of benzene rings is 1. The highest BCUT2D eigenvalue weighted by atomic mass is 16.7. The maximum Gasteiger partial charge on any atom is 0.321 e. The molecule has 1 fully saturated rings. The van der Waals surface area contributed by atoms with Crippen LogP contribution in [0.4, 0.5) is 0 Å². The van der Waals surface area contributed by atoms with Crippen molar-refractivity contribution in [1.82, 2.24) is 5.32 Å². The van der Waals surface area contributed by atoms with Gasteiger partial charge in [0.1, 0.15) is 6.04 Å². The van der Waals surface area contributed by atoms with E-state index >= 15 is 0 Å². The molecule has 2 aliphatic rings. The SMILES string of the molecule is O=C(O)C1CC2(CN1)Oc1ccccc1O2. The molecule has 0 aromatic heterocycles. The van der Waals surface area contributed by atoms with E-state index in [1.807, 2.05) is 24.3 Å². The van der Waals surface area contributed by atoms with Gasteiger partial charge in [0.25, 0.3) is 5.79 Å². The van der Waals surface area contributed by atoms with E-state index in [-0.39, 0.29) is 0 Å². The first-order valence-corrected chi connectivity index (χ1v) is 5.12. The number of carboxylic acid groups (broad SMARTS) is 1. The summed E-state index contributed by atoms with van der Waals surface area (Å²) in [5.74, 6) is -0.363. The normalized spacial score (nSPS) is 24.9. The van der Waals surface area contributed by atoms with Crippen molar-refractivity contribution >= 4 is 5.97 Å². The number of hydrogen-bond acceptors (Lipinski definition) is 4. The number of carbonyl (C=O) groups is 1. The Labute approximate surface area is 92.0 Å². The van der Waals surface area contributed by atoms with Crippen LogP contribution in [0.3, 0.4) is 0 Å². The molecular formula is C11H11NO4. The van der Waals surface area contributed by atoms with Crippen molar-refractivity contribution in [2.75, 3.05) is 6.54 Å². The van der Waals surface area contributed by atoms with E-state index in [1.165, 1.54) is 0 Å². The Morgan fingerprint density at radius 1 is 1.38 bits per heavy atom. The van der Waals surface area contributed by atoms with Crippen molar-refractivity contribution in [2.45, 2.75) is 18.2 Å². The summed E-state index contributed by atoms with van der Waals surface area (Å²) in [5, 5.41) is 11.8. The average molecular weight is 221 g/mol. The fourth-order valence-electron chi connectivity index (χ4n) is 2.10. The third-order valence-corrected chi connectivity index (χ3v) is 2.87. The number of fused-ring (bicyclic) bond motifs is 1. The second-order valence-electron chi connectivity index (χ2n) is 4.04. The molecule has 0 aliphatic carbocycles. The van der Waals surface area contributed by atoms with Gasteiger partial charge in [-0.1, -0.05) is 12.1 Å². The van der Waals surface area contributed by atoms with Crippen LogP contribution in [0.5, 0.6) is 11.5 Å². The van der Waals surface area contributed by atoms with Crippen LogP contribution in [0.25, 0.3) is 0 Å². The summed E-state index contributed by atoms with van der Waals surface area (Å²) in [6.07, 6.45) is 0.316. The molecule has 1 aromatic rings. The largest absolute Gasteiger partial charge is 0.480 e. The van der Waals surface area contributed by atoms with Crippen molar-refractivity contribution in [2.24, 2.45) is 0 Å². The molecule has 3 rings (SSSR count). The van der Waals surface area contributed by atoms with Crippen LogP contribution >= 0.6 is 0 Å². The first-order chi connectivity index (χ1) is 7.69. The average Bonchev–Trinajstić information content (AvgIpc) is 2.82. The smallest absolute Gasteiger partial charge is 0.321 e. The van der Waals surface area contributed by atoms with Crippen LogP contribution in [0.2, 0.25) is 0 Å². The molecule has 1 unspecified atom stereocenters. The number of rotatable bonds is 1. The number of aliphatic carboxylic acids is 1. The lowest BCUT2D eigenvalue weighted by Gasteiger charge is -2.20. The van der Waals surface area contributed by atoms with Crippen molar-refractivity contribution in [3.8, 4) is 11.5 Å².